The number of fused-ring (bicyclic) bond motifs is 1. The molecule has 1 aliphatic rings. The number of benzene rings is 1. The molecule has 5 nitrogen and oxygen atoms in total. The zero-order valence-corrected chi connectivity index (χ0v) is 12.6. The summed E-state index contributed by atoms with van der Waals surface area (Å²) in [7, 11) is 1.67. The van der Waals surface area contributed by atoms with Crippen molar-refractivity contribution in [2.45, 2.75) is 25.0 Å². The fourth-order valence-corrected chi connectivity index (χ4v) is 3.35. The summed E-state index contributed by atoms with van der Waals surface area (Å²) in [6, 6.07) is 8.29. The van der Waals surface area contributed by atoms with E-state index in [4.69, 9.17) is 4.74 Å². The zero-order valence-electron chi connectivity index (χ0n) is 11.8. The van der Waals surface area contributed by atoms with E-state index in [1.807, 2.05) is 28.9 Å². The van der Waals surface area contributed by atoms with Crippen molar-refractivity contribution in [1.82, 2.24) is 14.9 Å². The van der Waals surface area contributed by atoms with E-state index >= 15 is 0 Å². The van der Waals surface area contributed by atoms with Crippen LogP contribution in [0.3, 0.4) is 0 Å². The van der Waals surface area contributed by atoms with Gasteiger partial charge in [-0.3, -0.25) is 0 Å². The second-order valence-electron chi connectivity index (χ2n) is 5.13. The molecule has 1 aliphatic heterocycles. The molecule has 0 aliphatic carbocycles. The van der Waals surface area contributed by atoms with Crippen LogP contribution in [0.1, 0.15) is 13.8 Å². The van der Waals surface area contributed by atoms with Crippen molar-refractivity contribution >= 4 is 11.8 Å². The standard InChI is InChI=1S/C14H18N4OS/c1-9(2)11-8-20-14-16-15-13(18(14)17-11)10-6-4-5-7-12(10)19-3/h4-7,9,11,17H,8H2,1-3H3. The van der Waals surface area contributed by atoms with Gasteiger partial charge in [0.05, 0.1) is 18.7 Å². The number of hydrogen-bond donors (Lipinski definition) is 1. The van der Waals surface area contributed by atoms with Crippen LogP contribution in [0.4, 0.5) is 0 Å². The van der Waals surface area contributed by atoms with Crippen LogP contribution < -0.4 is 10.2 Å². The van der Waals surface area contributed by atoms with E-state index in [1.54, 1.807) is 18.9 Å². The monoisotopic (exact) mass is 290 g/mol. The first-order valence-electron chi connectivity index (χ1n) is 6.69. The van der Waals surface area contributed by atoms with Gasteiger partial charge in [-0.05, 0) is 18.1 Å². The largest absolute Gasteiger partial charge is 0.496 e. The van der Waals surface area contributed by atoms with Crippen LogP contribution in [0.2, 0.25) is 0 Å². The molecule has 2 heterocycles. The molecule has 0 saturated heterocycles. The maximum atomic E-state index is 5.42. The van der Waals surface area contributed by atoms with E-state index < -0.39 is 0 Å². The first kappa shape index (κ1) is 13.3. The van der Waals surface area contributed by atoms with Gasteiger partial charge in [0.2, 0.25) is 5.16 Å². The molecule has 1 atom stereocenters. The normalized spacial score (nSPS) is 17.7. The van der Waals surface area contributed by atoms with Gasteiger partial charge >= 0.3 is 0 Å². The maximum Gasteiger partial charge on any atom is 0.210 e. The van der Waals surface area contributed by atoms with E-state index in [1.165, 1.54) is 0 Å². The summed E-state index contributed by atoms with van der Waals surface area (Å²) in [6.45, 7) is 4.44. The van der Waals surface area contributed by atoms with Gasteiger partial charge in [0, 0.05) is 5.75 Å². The first-order valence-corrected chi connectivity index (χ1v) is 7.67. The lowest BCUT2D eigenvalue weighted by atomic mass is 10.1. The number of thioether (sulfide) groups is 1. The van der Waals surface area contributed by atoms with E-state index in [2.05, 4.69) is 29.5 Å². The zero-order chi connectivity index (χ0) is 14.1. The van der Waals surface area contributed by atoms with Gasteiger partial charge < -0.3 is 10.2 Å². The second kappa shape index (κ2) is 5.36. The number of aromatic nitrogens is 3. The van der Waals surface area contributed by atoms with Crippen LogP contribution in [0.25, 0.3) is 11.4 Å². The van der Waals surface area contributed by atoms with Gasteiger partial charge in [-0.2, -0.15) is 0 Å². The second-order valence-corrected chi connectivity index (χ2v) is 6.12. The molecule has 20 heavy (non-hydrogen) atoms. The van der Waals surface area contributed by atoms with E-state index in [0.717, 1.165) is 28.0 Å². The lowest BCUT2D eigenvalue weighted by Crippen LogP contribution is -2.38. The molecule has 106 valence electrons. The Morgan fingerprint density at radius 3 is 2.90 bits per heavy atom. The van der Waals surface area contributed by atoms with Crippen LogP contribution in [0.5, 0.6) is 5.75 Å². The predicted molar refractivity (Wildman–Crippen MR) is 80.7 cm³/mol. The van der Waals surface area contributed by atoms with Gasteiger partial charge in [0.1, 0.15) is 5.75 Å². The average Bonchev–Trinajstić information content (AvgIpc) is 2.89. The van der Waals surface area contributed by atoms with E-state index in [-0.39, 0.29) is 0 Å². The molecule has 0 fully saturated rings. The van der Waals surface area contributed by atoms with Crippen LogP contribution in [0, 0.1) is 5.92 Å². The van der Waals surface area contributed by atoms with Crippen LogP contribution in [-0.4, -0.2) is 33.8 Å². The van der Waals surface area contributed by atoms with Gasteiger partial charge in [-0.15, -0.1) is 10.2 Å². The number of methoxy groups -OCH3 is 1. The molecule has 1 unspecified atom stereocenters. The molecule has 1 N–H and O–H groups in total. The number of rotatable bonds is 3. The van der Waals surface area contributed by atoms with Gasteiger partial charge in [-0.25, -0.2) is 4.68 Å². The fourth-order valence-electron chi connectivity index (χ4n) is 2.19. The van der Waals surface area contributed by atoms with Crippen LogP contribution in [0.15, 0.2) is 29.4 Å². The molecular weight excluding hydrogens is 272 g/mol. The van der Waals surface area contributed by atoms with Crippen molar-refractivity contribution in [3.8, 4) is 17.1 Å². The van der Waals surface area contributed by atoms with Crippen LogP contribution >= 0.6 is 11.8 Å². The Labute approximate surface area is 122 Å². The quantitative estimate of drug-likeness (QED) is 0.941. The van der Waals surface area contributed by atoms with Crippen molar-refractivity contribution in [3.05, 3.63) is 24.3 Å². The lowest BCUT2D eigenvalue weighted by Gasteiger charge is -2.28. The minimum atomic E-state index is 0.414. The number of hydrogen-bond acceptors (Lipinski definition) is 5. The van der Waals surface area contributed by atoms with E-state index in [9.17, 15) is 0 Å². The van der Waals surface area contributed by atoms with Gasteiger partial charge in [-0.1, -0.05) is 37.7 Å². The van der Waals surface area contributed by atoms with Gasteiger partial charge in [0.25, 0.3) is 0 Å². The summed E-state index contributed by atoms with van der Waals surface area (Å²) in [5, 5.41) is 9.49. The Morgan fingerprint density at radius 1 is 1.35 bits per heavy atom. The van der Waals surface area contributed by atoms with Crippen molar-refractivity contribution < 1.29 is 4.74 Å². The van der Waals surface area contributed by atoms with Crippen molar-refractivity contribution in [2.24, 2.45) is 5.92 Å². The minimum absolute atomic E-state index is 0.414. The third kappa shape index (κ3) is 2.24. The summed E-state index contributed by atoms with van der Waals surface area (Å²) in [5.74, 6) is 3.18. The number of nitrogens with zero attached hydrogens (tertiary/aromatic N) is 3. The molecular formula is C14H18N4OS. The highest BCUT2D eigenvalue weighted by Gasteiger charge is 2.26. The molecule has 0 spiro atoms. The maximum absolute atomic E-state index is 5.42. The Kier molecular flexibility index (Phi) is 3.56. The summed E-state index contributed by atoms with van der Waals surface area (Å²) >= 11 is 1.74. The highest BCUT2D eigenvalue weighted by molar-refractivity contribution is 7.99. The molecule has 0 bridgehead atoms. The molecule has 0 radical (unpaired) electrons. The Hall–Kier alpha value is -1.69. The van der Waals surface area contributed by atoms with Crippen molar-refractivity contribution in [2.75, 3.05) is 18.3 Å². The van der Waals surface area contributed by atoms with Gasteiger partial charge in [0.15, 0.2) is 5.82 Å². The number of nitrogens with one attached hydrogen (secondary N) is 1. The Bertz CT molecular complexity index is 611. The third-order valence-electron chi connectivity index (χ3n) is 3.47. The predicted octanol–water partition coefficient (Wildman–Crippen LogP) is 2.63. The molecule has 0 saturated carbocycles. The van der Waals surface area contributed by atoms with Crippen molar-refractivity contribution in [1.29, 1.82) is 0 Å². The molecule has 1 aromatic carbocycles. The summed E-state index contributed by atoms with van der Waals surface area (Å²) in [5.41, 5.74) is 4.46. The lowest BCUT2D eigenvalue weighted by molar-refractivity contribution is 0.415. The minimum Gasteiger partial charge on any atom is -0.496 e. The Morgan fingerprint density at radius 2 is 2.15 bits per heavy atom. The third-order valence-corrected chi connectivity index (χ3v) is 4.52. The summed E-state index contributed by atoms with van der Waals surface area (Å²) in [4.78, 5) is 0. The smallest absolute Gasteiger partial charge is 0.210 e. The number of ether oxygens (including phenoxy) is 1. The molecule has 2 aromatic rings. The fraction of sp³-hybridized carbons (Fsp3) is 0.429. The average molecular weight is 290 g/mol. The van der Waals surface area contributed by atoms with E-state index in [0.29, 0.717) is 12.0 Å². The molecule has 1 aromatic heterocycles. The highest BCUT2D eigenvalue weighted by atomic mass is 32.2. The topological polar surface area (TPSA) is 52.0 Å². The van der Waals surface area contributed by atoms with Crippen LogP contribution in [-0.2, 0) is 0 Å². The SMILES string of the molecule is COc1ccccc1-c1nnc2n1NC(C(C)C)CS2. The summed E-state index contributed by atoms with van der Waals surface area (Å²) < 4.78 is 7.40. The number of para-hydroxylation sites is 1. The molecule has 6 heteroatoms. The highest BCUT2D eigenvalue weighted by Crippen LogP contribution is 2.32. The summed E-state index contributed by atoms with van der Waals surface area (Å²) in [6.07, 6.45) is 0. The first-order chi connectivity index (χ1) is 9.70. The van der Waals surface area contributed by atoms with Crippen molar-refractivity contribution in [3.63, 3.8) is 0 Å². The molecule has 3 rings (SSSR count). The Balaban J connectivity index is 2.02. The molecule has 0 amide bonds.